The number of nitro groups is 1. The fourth-order valence-electron chi connectivity index (χ4n) is 1.50. The van der Waals surface area contributed by atoms with Crippen LogP contribution in [0.15, 0.2) is 22.7 Å². The van der Waals surface area contributed by atoms with Crippen LogP contribution >= 0.6 is 0 Å². The van der Waals surface area contributed by atoms with Gasteiger partial charge in [0.2, 0.25) is 0 Å². The highest BCUT2D eigenvalue weighted by molar-refractivity contribution is 5.62. The summed E-state index contributed by atoms with van der Waals surface area (Å²) >= 11 is 0. The summed E-state index contributed by atoms with van der Waals surface area (Å²) in [4.78, 5) is 14.4. The molecule has 0 aliphatic heterocycles. The minimum absolute atomic E-state index is 0.166. The van der Waals surface area contributed by atoms with Gasteiger partial charge in [0.25, 0.3) is 5.89 Å². The first kappa shape index (κ1) is 13.0. The summed E-state index contributed by atoms with van der Waals surface area (Å²) in [6.07, 6.45) is 0. The maximum Gasteiger partial charge on any atom is 0.311 e. The van der Waals surface area contributed by atoms with Gasteiger partial charge in [0, 0.05) is 11.6 Å². The van der Waals surface area contributed by atoms with Crippen LogP contribution in [0, 0.1) is 10.1 Å². The van der Waals surface area contributed by atoms with E-state index in [0.29, 0.717) is 11.4 Å². The Kier molecular flexibility index (Phi) is 3.43. The maximum atomic E-state index is 10.9. The third kappa shape index (κ3) is 2.52. The Morgan fingerprint density at radius 1 is 1.53 bits per heavy atom. The van der Waals surface area contributed by atoms with E-state index >= 15 is 0 Å². The molecule has 0 aliphatic carbocycles. The molecule has 1 aromatic carbocycles. The largest absolute Gasteiger partial charge is 0.490 e. The molecule has 1 unspecified atom stereocenters. The van der Waals surface area contributed by atoms with Crippen LogP contribution in [0.25, 0.3) is 11.5 Å². The highest BCUT2D eigenvalue weighted by Gasteiger charge is 2.19. The van der Waals surface area contributed by atoms with Gasteiger partial charge in [-0.25, -0.2) is 0 Å². The average molecular weight is 264 g/mol. The Morgan fingerprint density at radius 3 is 2.79 bits per heavy atom. The smallest absolute Gasteiger partial charge is 0.311 e. The molecule has 2 N–H and O–H groups in total. The number of nitrogens with zero attached hydrogens (tertiary/aromatic N) is 3. The van der Waals surface area contributed by atoms with Gasteiger partial charge in [-0.3, -0.25) is 10.1 Å². The first-order chi connectivity index (χ1) is 9.02. The number of hydrogen-bond donors (Lipinski definition) is 1. The summed E-state index contributed by atoms with van der Waals surface area (Å²) in [5, 5.41) is 14.6. The van der Waals surface area contributed by atoms with Gasteiger partial charge in [-0.1, -0.05) is 5.16 Å². The van der Waals surface area contributed by atoms with Crippen molar-refractivity contribution in [2.45, 2.75) is 13.0 Å². The predicted molar refractivity (Wildman–Crippen MR) is 65.5 cm³/mol. The second-order valence-electron chi connectivity index (χ2n) is 3.89. The van der Waals surface area contributed by atoms with Crippen LogP contribution in [0.2, 0.25) is 0 Å². The molecule has 0 saturated carbocycles. The molecule has 0 fully saturated rings. The molecule has 2 aromatic rings. The Morgan fingerprint density at radius 2 is 2.26 bits per heavy atom. The van der Waals surface area contributed by atoms with Crippen molar-refractivity contribution in [1.82, 2.24) is 10.1 Å². The SMILES string of the molecule is COc1ccc(-c2nc(C(C)N)no2)cc1[N+](=O)[O-]. The van der Waals surface area contributed by atoms with Crippen LogP contribution in [0.5, 0.6) is 5.75 Å². The third-order valence-electron chi connectivity index (χ3n) is 2.47. The molecule has 2 rings (SSSR count). The lowest BCUT2D eigenvalue weighted by Gasteiger charge is -2.02. The summed E-state index contributed by atoms with van der Waals surface area (Å²) in [6.45, 7) is 1.71. The molecule has 0 bridgehead atoms. The molecule has 0 spiro atoms. The Balaban J connectivity index is 2.44. The highest BCUT2D eigenvalue weighted by Crippen LogP contribution is 2.31. The standard InChI is InChI=1S/C11H12N4O4/c1-6(12)10-13-11(19-14-10)7-3-4-9(18-2)8(5-7)15(16)17/h3-6H,12H2,1-2H3. The normalized spacial score (nSPS) is 12.2. The van der Waals surface area contributed by atoms with E-state index in [1.165, 1.54) is 19.2 Å². The molecule has 100 valence electrons. The predicted octanol–water partition coefficient (Wildman–Crippen LogP) is 1.67. The average Bonchev–Trinajstić information content (AvgIpc) is 2.87. The van der Waals surface area contributed by atoms with E-state index in [9.17, 15) is 10.1 Å². The highest BCUT2D eigenvalue weighted by atomic mass is 16.6. The minimum Gasteiger partial charge on any atom is -0.490 e. The topological polar surface area (TPSA) is 117 Å². The van der Waals surface area contributed by atoms with E-state index in [0.717, 1.165) is 0 Å². The third-order valence-corrected chi connectivity index (χ3v) is 2.47. The summed E-state index contributed by atoms with van der Waals surface area (Å²) in [5.41, 5.74) is 5.89. The molecular weight excluding hydrogens is 252 g/mol. The van der Waals surface area contributed by atoms with E-state index in [1.54, 1.807) is 13.0 Å². The number of aromatic nitrogens is 2. The first-order valence-corrected chi connectivity index (χ1v) is 5.45. The van der Waals surface area contributed by atoms with Gasteiger partial charge in [-0.15, -0.1) is 0 Å². The van der Waals surface area contributed by atoms with Gasteiger partial charge in [0.1, 0.15) is 0 Å². The molecule has 1 atom stereocenters. The molecule has 1 aromatic heterocycles. The minimum atomic E-state index is -0.537. The lowest BCUT2D eigenvalue weighted by molar-refractivity contribution is -0.385. The van der Waals surface area contributed by atoms with Crippen LogP contribution in [0.1, 0.15) is 18.8 Å². The number of benzene rings is 1. The first-order valence-electron chi connectivity index (χ1n) is 5.45. The van der Waals surface area contributed by atoms with Crippen molar-refractivity contribution in [2.24, 2.45) is 5.73 Å². The van der Waals surface area contributed by atoms with Gasteiger partial charge in [0.05, 0.1) is 18.1 Å². The van der Waals surface area contributed by atoms with Crippen molar-refractivity contribution in [3.63, 3.8) is 0 Å². The fraction of sp³-hybridized carbons (Fsp3) is 0.273. The molecule has 0 aliphatic rings. The van der Waals surface area contributed by atoms with E-state index < -0.39 is 4.92 Å². The van der Waals surface area contributed by atoms with E-state index in [2.05, 4.69) is 10.1 Å². The lowest BCUT2D eigenvalue weighted by atomic mass is 10.2. The van der Waals surface area contributed by atoms with Crippen molar-refractivity contribution < 1.29 is 14.2 Å². The lowest BCUT2D eigenvalue weighted by Crippen LogP contribution is -2.06. The van der Waals surface area contributed by atoms with Crippen LogP contribution < -0.4 is 10.5 Å². The van der Waals surface area contributed by atoms with E-state index in [1.807, 2.05) is 0 Å². The zero-order valence-electron chi connectivity index (χ0n) is 10.4. The Hall–Kier alpha value is -2.48. The van der Waals surface area contributed by atoms with Gasteiger partial charge in [-0.2, -0.15) is 4.98 Å². The fourth-order valence-corrected chi connectivity index (χ4v) is 1.50. The van der Waals surface area contributed by atoms with Gasteiger partial charge >= 0.3 is 5.69 Å². The zero-order chi connectivity index (χ0) is 14.0. The number of hydrogen-bond acceptors (Lipinski definition) is 7. The quantitative estimate of drug-likeness (QED) is 0.659. The zero-order valence-corrected chi connectivity index (χ0v) is 10.4. The molecule has 0 saturated heterocycles. The van der Waals surface area contributed by atoms with Crippen LogP contribution in [-0.2, 0) is 0 Å². The second-order valence-corrected chi connectivity index (χ2v) is 3.89. The van der Waals surface area contributed by atoms with Crippen molar-refractivity contribution in [3.05, 3.63) is 34.1 Å². The Bertz CT molecular complexity index is 608. The van der Waals surface area contributed by atoms with Crippen molar-refractivity contribution in [2.75, 3.05) is 7.11 Å². The van der Waals surface area contributed by atoms with E-state index in [4.69, 9.17) is 15.0 Å². The van der Waals surface area contributed by atoms with Gasteiger partial charge < -0.3 is 15.0 Å². The molecule has 8 heteroatoms. The molecule has 0 amide bonds. The number of nitrogens with two attached hydrogens (primary N) is 1. The van der Waals surface area contributed by atoms with Crippen LogP contribution in [0.3, 0.4) is 0 Å². The summed E-state index contributed by atoms with van der Waals surface area (Å²) in [7, 11) is 1.36. The van der Waals surface area contributed by atoms with E-state index in [-0.39, 0.29) is 23.4 Å². The molecule has 8 nitrogen and oxygen atoms in total. The molecule has 19 heavy (non-hydrogen) atoms. The summed E-state index contributed by atoms with van der Waals surface area (Å²) in [6, 6.07) is 4.02. The number of nitro benzene ring substituents is 1. The molecular formula is C11H12N4O4. The number of ether oxygens (including phenoxy) is 1. The van der Waals surface area contributed by atoms with Crippen LogP contribution in [-0.4, -0.2) is 22.2 Å². The van der Waals surface area contributed by atoms with Gasteiger partial charge in [0.15, 0.2) is 11.6 Å². The number of rotatable bonds is 4. The van der Waals surface area contributed by atoms with Crippen molar-refractivity contribution in [3.8, 4) is 17.2 Å². The summed E-state index contributed by atoms with van der Waals surface area (Å²) in [5.74, 6) is 0.687. The maximum absolute atomic E-state index is 10.9. The Labute approximate surface area is 108 Å². The van der Waals surface area contributed by atoms with Crippen molar-refractivity contribution >= 4 is 5.69 Å². The molecule has 1 heterocycles. The van der Waals surface area contributed by atoms with Gasteiger partial charge in [-0.05, 0) is 19.1 Å². The monoisotopic (exact) mass is 264 g/mol. The number of methoxy groups -OCH3 is 1. The second kappa shape index (κ2) is 5.02. The summed E-state index contributed by atoms with van der Waals surface area (Å²) < 4.78 is 9.93. The molecule has 0 radical (unpaired) electrons. The van der Waals surface area contributed by atoms with Crippen LogP contribution in [0.4, 0.5) is 5.69 Å². The van der Waals surface area contributed by atoms with Crippen molar-refractivity contribution in [1.29, 1.82) is 0 Å².